The third kappa shape index (κ3) is 6.42. The summed E-state index contributed by atoms with van der Waals surface area (Å²) >= 11 is 8.10. The monoisotopic (exact) mass is 679 g/mol. The van der Waals surface area contributed by atoms with E-state index < -0.39 is 63.4 Å². The smallest absolute Gasteiger partial charge is 0.320 e. The van der Waals surface area contributed by atoms with E-state index in [2.05, 4.69) is 20.9 Å². The number of hydrogen-bond donors (Lipinski definition) is 1. The number of pyridine rings is 1. The molecule has 2 aromatic carbocycles. The second kappa shape index (κ2) is 11.1. The average molecular weight is 681 g/mol. The summed E-state index contributed by atoms with van der Waals surface area (Å²) in [5, 5.41) is 1.88. The largest absolute Gasteiger partial charge is 0.435 e. The van der Waals surface area contributed by atoms with Gasteiger partial charge in [-0.1, -0.05) is 17.7 Å². The lowest BCUT2D eigenvalue weighted by atomic mass is 9.92. The number of benzene rings is 2. The number of rotatable bonds is 5. The SMILES string of the molecule is CN(C(=O)c1ccc(Cl)nc1)c1cccc(C(=O)Nc2c(Br)cc(C(F)(C(F)(F)F)C(F)(F)F)cc2C(F)(F)F)c1. The Bertz CT molecular complexity index is 1460. The van der Waals surface area contributed by atoms with Crippen LogP contribution in [0.4, 0.5) is 55.3 Å². The number of nitrogens with one attached hydrogen (secondary N) is 1. The van der Waals surface area contributed by atoms with E-state index in [1.165, 1.54) is 37.5 Å². The van der Waals surface area contributed by atoms with E-state index in [4.69, 9.17) is 11.6 Å². The predicted octanol–water partition coefficient (Wildman–Crippen LogP) is 8.33. The lowest BCUT2D eigenvalue weighted by molar-refractivity contribution is -0.348. The highest BCUT2D eigenvalue weighted by molar-refractivity contribution is 9.10. The summed E-state index contributed by atoms with van der Waals surface area (Å²) in [6, 6.07) is 6.65. The summed E-state index contributed by atoms with van der Waals surface area (Å²) in [5.41, 5.74) is -12.2. The van der Waals surface area contributed by atoms with Gasteiger partial charge in [0.15, 0.2) is 0 Å². The number of aromatic nitrogens is 1. The van der Waals surface area contributed by atoms with Crippen LogP contribution in [0.15, 0.2) is 59.2 Å². The molecular formula is C24H13BrClF10N3O2. The molecule has 17 heteroatoms. The molecule has 0 spiro atoms. The minimum atomic E-state index is -6.68. The molecule has 0 radical (unpaired) electrons. The van der Waals surface area contributed by atoms with Crippen LogP contribution in [0.5, 0.6) is 0 Å². The number of hydrogen-bond acceptors (Lipinski definition) is 3. The first-order valence-corrected chi connectivity index (χ1v) is 11.9. The zero-order valence-electron chi connectivity index (χ0n) is 19.9. The quantitative estimate of drug-likeness (QED) is 0.218. The first-order valence-electron chi connectivity index (χ1n) is 10.7. The number of alkyl halides is 10. The standard InChI is InChI=1S/C24H13BrClF10N3O2/c1-39(20(41)12-5-6-17(26)37-10-12)14-4-2-3-11(7-14)19(40)38-18-15(22(28,29)30)8-13(9-16(18)25)21(27,23(31,32)33)24(34,35)36/h2-10H,1H3,(H,38,40). The first kappa shape index (κ1) is 32.1. The van der Waals surface area contributed by atoms with Crippen molar-refractivity contribution < 1.29 is 53.5 Å². The summed E-state index contributed by atoms with van der Waals surface area (Å²) in [6.07, 6.45) is -17.8. The first-order chi connectivity index (χ1) is 18.7. The molecule has 0 bridgehead atoms. The van der Waals surface area contributed by atoms with Gasteiger partial charge >= 0.3 is 24.2 Å². The topological polar surface area (TPSA) is 62.3 Å². The normalized spacial score (nSPS) is 12.7. The van der Waals surface area contributed by atoms with Crippen molar-refractivity contribution >= 4 is 50.7 Å². The molecule has 5 nitrogen and oxygen atoms in total. The number of anilines is 2. The molecule has 3 rings (SSSR count). The molecular weight excluding hydrogens is 668 g/mol. The maximum atomic E-state index is 14.5. The fraction of sp³-hybridized carbons (Fsp3) is 0.208. The molecule has 1 aromatic heterocycles. The molecule has 0 aliphatic carbocycles. The van der Waals surface area contributed by atoms with Gasteiger partial charge in [-0.05, 0) is 58.4 Å². The molecule has 0 aliphatic rings. The van der Waals surface area contributed by atoms with Gasteiger partial charge in [0, 0.05) is 34.5 Å². The highest BCUT2D eigenvalue weighted by Gasteiger charge is 2.73. The molecule has 220 valence electrons. The maximum absolute atomic E-state index is 14.5. The third-order valence-electron chi connectivity index (χ3n) is 5.59. The van der Waals surface area contributed by atoms with Gasteiger partial charge in [0.25, 0.3) is 11.8 Å². The molecule has 1 N–H and O–H groups in total. The van der Waals surface area contributed by atoms with Crippen LogP contribution in [0.25, 0.3) is 0 Å². The lowest BCUT2D eigenvalue weighted by Crippen LogP contribution is -2.50. The van der Waals surface area contributed by atoms with Crippen LogP contribution in [0.1, 0.15) is 31.8 Å². The lowest BCUT2D eigenvalue weighted by Gasteiger charge is -2.31. The van der Waals surface area contributed by atoms with Gasteiger partial charge in [0.2, 0.25) is 0 Å². The van der Waals surface area contributed by atoms with Crippen molar-refractivity contribution in [3.8, 4) is 0 Å². The highest BCUT2D eigenvalue weighted by Crippen LogP contribution is 2.55. The van der Waals surface area contributed by atoms with Gasteiger partial charge in [-0.3, -0.25) is 9.59 Å². The molecule has 0 saturated heterocycles. The Kier molecular flexibility index (Phi) is 8.71. The summed E-state index contributed by atoms with van der Waals surface area (Å²) < 4.78 is 134. The van der Waals surface area contributed by atoms with Crippen LogP contribution in [0, 0.1) is 0 Å². The molecule has 1 heterocycles. The van der Waals surface area contributed by atoms with Crippen molar-refractivity contribution in [2.45, 2.75) is 24.2 Å². The van der Waals surface area contributed by atoms with Crippen molar-refractivity contribution in [1.82, 2.24) is 4.98 Å². The zero-order valence-corrected chi connectivity index (χ0v) is 22.3. The van der Waals surface area contributed by atoms with E-state index in [9.17, 15) is 53.5 Å². The fourth-order valence-corrected chi connectivity index (χ4v) is 4.17. The molecule has 41 heavy (non-hydrogen) atoms. The minimum absolute atomic E-state index is 0.0700. The van der Waals surface area contributed by atoms with Crippen molar-refractivity contribution in [3.05, 3.63) is 86.6 Å². The van der Waals surface area contributed by atoms with E-state index in [-0.39, 0.29) is 28.0 Å². The van der Waals surface area contributed by atoms with Crippen LogP contribution >= 0.6 is 27.5 Å². The highest BCUT2D eigenvalue weighted by atomic mass is 79.9. The summed E-state index contributed by atoms with van der Waals surface area (Å²) in [7, 11) is 1.30. The Morgan fingerprint density at radius 1 is 0.878 bits per heavy atom. The van der Waals surface area contributed by atoms with Crippen LogP contribution in [-0.4, -0.2) is 36.2 Å². The molecule has 0 unspecified atom stereocenters. The van der Waals surface area contributed by atoms with E-state index in [1.54, 1.807) is 5.32 Å². The second-order valence-corrected chi connectivity index (χ2v) is 9.51. The van der Waals surface area contributed by atoms with Crippen LogP contribution in [0.3, 0.4) is 0 Å². The van der Waals surface area contributed by atoms with Crippen molar-refractivity contribution in [1.29, 1.82) is 0 Å². The molecule has 0 fully saturated rings. The Morgan fingerprint density at radius 2 is 1.49 bits per heavy atom. The van der Waals surface area contributed by atoms with Crippen molar-refractivity contribution in [2.24, 2.45) is 0 Å². The second-order valence-electron chi connectivity index (χ2n) is 8.27. The number of halogens is 12. The minimum Gasteiger partial charge on any atom is -0.320 e. The molecule has 0 atom stereocenters. The number of carbonyl (C=O) groups is 2. The Hall–Kier alpha value is -3.40. The Balaban J connectivity index is 2.02. The molecule has 3 aromatic rings. The number of nitrogens with zero attached hydrogens (tertiary/aromatic N) is 2. The van der Waals surface area contributed by atoms with Crippen LogP contribution in [0.2, 0.25) is 5.15 Å². The van der Waals surface area contributed by atoms with Gasteiger partial charge < -0.3 is 10.2 Å². The van der Waals surface area contributed by atoms with Gasteiger partial charge in [0.05, 0.1) is 16.8 Å². The van der Waals surface area contributed by atoms with Gasteiger partial charge in [-0.15, -0.1) is 0 Å². The predicted molar refractivity (Wildman–Crippen MR) is 130 cm³/mol. The van der Waals surface area contributed by atoms with Gasteiger partial charge in [-0.2, -0.15) is 39.5 Å². The molecule has 0 saturated carbocycles. The number of amides is 2. The third-order valence-corrected chi connectivity index (χ3v) is 6.44. The Labute approximate surface area is 237 Å². The summed E-state index contributed by atoms with van der Waals surface area (Å²) in [5.74, 6) is -1.91. The van der Waals surface area contributed by atoms with E-state index >= 15 is 0 Å². The Morgan fingerprint density at radius 3 is 2.00 bits per heavy atom. The van der Waals surface area contributed by atoms with Crippen LogP contribution in [-0.2, 0) is 11.8 Å². The molecule has 2 amide bonds. The van der Waals surface area contributed by atoms with Crippen LogP contribution < -0.4 is 10.2 Å². The van der Waals surface area contributed by atoms with Crippen molar-refractivity contribution in [3.63, 3.8) is 0 Å². The summed E-state index contributed by atoms with van der Waals surface area (Å²) in [6.45, 7) is 0. The van der Waals surface area contributed by atoms with Gasteiger partial charge in [0.1, 0.15) is 5.15 Å². The molecule has 0 aliphatic heterocycles. The average Bonchev–Trinajstić information content (AvgIpc) is 2.86. The van der Waals surface area contributed by atoms with E-state index in [0.29, 0.717) is 0 Å². The van der Waals surface area contributed by atoms with Crippen molar-refractivity contribution in [2.75, 3.05) is 17.3 Å². The number of carbonyl (C=O) groups excluding carboxylic acids is 2. The van der Waals surface area contributed by atoms with Gasteiger partial charge in [-0.25, -0.2) is 9.37 Å². The summed E-state index contributed by atoms with van der Waals surface area (Å²) in [4.78, 5) is 30.4. The van der Waals surface area contributed by atoms with E-state index in [0.717, 1.165) is 17.0 Å². The zero-order chi connectivity index (χ0) is 31.1. The fourth-order valence-electron chi connectivity index (χ4n) is 3.50. The maximum Gasteiger partial charge on any atom is 0.435 e. The van der Waals surface area contributed by atoms with E-state index in [1.807, 2.05) is 0 Å².